The minimum Gasteiger partial charge on any atom is -0.471 e. The van der Waals surface area contributed by atoms with Gasteiger partial charge in [-0.15, -0.1) is 0 Å². The minimum atomic E-state index is -2.64. The maximum absolute atomic E-state index is 13.3. The fraction of sp³-hybridized carbons (Fsp3) is 0.565. The van der Waals surface area contributed by atoms with E-state index in [0.717, 1.165) is 5.57 Å². The Balaban J connectivity index is 1.42. The molecule has 3 aliphatic rings. The fourth-order valence-electron chi connectivity index (χ4n) is 4.58. The lowest BCUT2D eigenvalue weighted by Gasteiger charge is -2.35. The van der Waals surface area contributed by atoms with Gasteiger partial charge in [-0.2, -0.15) is 10.2 Å². The molecular weight excluding hydrogens is 462 g/mol. The van der Waals surface area contributed by atoms with Crippen molar-refractivity contribution in [2.24, 2.45) is 11.8 Å². The largest absolute Gasteiger partial charge is 0.471 e. The highest BCUT2D eigenvalue weighted by molar-refractivity contribution is 5.79. The van der Waals surface area contributed by atoms with Crippen molar-refractivity contribution in [3.63, 3.8) is 0 Å². The molecule has 3 heterocycles. The third-order valence-corrected chi connectivity index (χ3v) is 6.62. The van der Waals surface area contributed by atoms with Crippen molar-refractivity contribution in [2.45, 2.75) is 56.6 Å². The second-order valence-corrected chi connectivity index (χ2v) is 9.28. The number of nitrogens with zero attached hydrogens (tertiary/aromatic N) is 5. The standard InChI is InChI=1S/C23H26F2N6O4/c1-12-17(32)18(33)21(35-12)31-19-16(30-22(31)27-9-15-6-23(24,25)7-15)20(29-11-28-19)34-10-14-4-2-13(8-26)3-5-14/h2,4-5,11-13,15,17-18,21,32-33H,3,6-7,9-10H2,1H3,(H,27,30)/t12-,13?,17-,18-,21-/m1/s1. The fourth-order valence-corrected chi connectivity index (χ4v) is 4.58. The first kappa shape index (κ1) is 23.6. The number of alkyl halides is 2. The van der Waals surface area contributed by atoms with Gasteiger partial charge in [-0.1, -0.05) is 18.2 Å². The van der Waals surface area contributed by atoms with E-state index < -0.39 is 30.5 Å². The van der Waals surface area contributed by atoms with Crippen LogP contribution in [0.5, 0.6) is 5.88 Å². The minimum absolute atomic E-state index is 0.153. The molecule has 35 heavy (non-hydrogen) atoms. The van der Waals surface area contributed by atoms with Crippen LogP contribution in [0.25, 0.3) is 11.2 Å². The zero-order valence-electron chi connectivity index (χ0n) is 19.0. The molecule has 2 fully saturated rings. The lowest BCUT2D eigenvalue weighted by molar-refractivity contribution is -0.106. The van der Waals surface area contributed by atoms with Crippen LogP contribution < -0.4 is 10.1 Å². The highest BCUT2D eigenvalue weighted by Gasteiger charge is 2.46. The van der Waals surface area contributed by atoms with E-state index in [-0.39, 0.29) is 49.7 Å². The molecule has 1 saturated heterocycles. The Bertz CT molecular complexity index is 1200. The molecule has 1 saturated carbocycles. The summed E-state index contributed by atoms with van der Waals surface area (Å²) in [5.41, 5.74) is 1.49. The summed E-state index contributed by atoms with van der Waals surface area (Å²) in [7, 11) is 0. The van der Waals surface area contributed by atoms with Crippen molar-refractivity contribution in [1.29, 1.82) is 5.26 Å². The van der Waals surface area contributed by atoms with Gasteiger partial charge < -0.3 is 25.0 Å². The molecule has 10 nitrogen and oxygen atoms in total. The first-order valence-corrected chi connectivity index (χ1v) is 11.5. The first-order valence-electron chi connectivity index (χ1n) is 11.5. The number of nitrogens with one attached hydrogen (secondary N) is 1. The molecule has 1 unspecified atom stereocenters. The van der Waals surface area contributed by atoms with Gasteiger partial charge in [-0.25, -0.2) is 18.7 Å². The van der Waals surface area contributed by atoms with Crippen LogP contribution >= 0.6 is 0 Å². The van der Waals surface area contributed by atoms with Gasteiger partial charge in [0.15, 0.2) is 17.4 Å². The zero-order valence-corrected chi connectivity index (χ0v) is 19.0. The zero-order chi connectivity index (χ0) is 24.7. The molecule has 0 radical (unpaired) electrons. The van der Waals surface area contributed by atoms with Gasteiger partial charge in [-0.05, 0) is 24.8 Å². The van der Waals surface area contributed by atoms with E-state index in [0.29, 0.717) is 17.6 Å². The molecule has 0 amide bonds. The van der Waals surface area contributed by atoms with Crippen molar-refractivity contribution < 1.29 is 28.5 Å². The quantitative estimate of drug-likeness (QED) is 0.536. The Labute approximate surface area is 199 Å². The number of allylic oxidation sites excluding steroid dienone is 2. The molecule has 0 spiro atoms. The Morgan fingerprint density at radius 2 is 2.11 bits per heavy atom. The van der Waals surface area contributed by atoms with Crippen LogP contribution in [-0.2, 0) is 4.74 Å². The number of aliphatic hydroxyl groups is 2. The number of hydrogen-bond donors (Lipinski definition) is 3. The van der Waals surface area contributed by atoms with Crippen molar-refractivity contribution in [1.82, 2.24) is 19.5 Å². The third kappa shape index (κ3) is 4.59. The molecular formula is C23H26F2N6O4. The van der Waals surface area contributed by atoms with Gasteiger partial charge in [-0.3, -0.25) is 4.57 Å². The second-order valence-electron chi connectivity index (χ2n) is 9.28. The van der Waals surface area contributed by atoms with Crippen LogP contribution in [-0.4, -0.2) is 67.1 Å². The summed E-state index contributed by atoms with van der Waals surface area (Å²) in [4.78, 5) is 13.1. The number of halogens is 2. The first-order chi connectivity index (χ1) is 16.8. The number of nitriles is 1. The van der Waals surface area contributed by atoms with E-state index in [1.807, 2.05) is 18.2 Å². The number of imidazole rings is 1. The number of ether oxygens (including phenoxy) is 2. The molecule has 5 atom stereocenters. The van der Waals surface area contributed by atoms with Gasteiger partial charge in [0, 0.05) is 19.4 Å². The Morgan fingerprint density at radius 1 is 1.31 bits per heavy atom. The normalized spacial score (nSPS) is 30.1. The van der Waals surface area contributed by atoms with Crippen LogP contribution in [0.2, 0.25) is 0 Å². The summed E-state index contributed by atoms with van der Waals surface area (Å²) in [6.07, 6.45) is 3.07. The van der Waals surface area contributed by atoms with E-state index in [9.17, 15) is 19.0 Å². The van der Waals surface area contributed by atoms with Crippen molar-refractivity contribution in [3.8, 4) is 11.9 Å². The summed E-state index contributed by atoms with van der Waals surface area (Å²) >= 11 is 0. The molecule has 0 bridgehead atoms. The second kappa shape index (κ2) is 9.14. The van der Waals surface area contributed by atoms with Crippen molar-refractivity contribution >= 4 is 17.1 Å². The molecule has 3 N–H and O–H groups in total. The van der Waals surface area contributed by atoms with Crippen LogP contribution in [0.15, 0.2) is 30.1 Å². The molecule has 12 heteroatoms. The summed E-state index contributed by atoms with van der Waals surface area (Å²) in [6, 6.07) is 2.20. The number of aromatic nitrogens is 4. The predicted molar refractivity (Wildman–Crippen MR) is 120 cm³/mol. The van der Waals surface area contributed by atoms with Gasteiger partial charge >= 0.3 is 0 Å². The average Bonchev–Trinajstić information content (AvgIpc) is 3.32. The topological polar surface area (TPSA) is 138 Å². The molecule has 2 aliphatic carbocycles. The van der Waals surface area contributed by atoms with Gasteiger partial charge in [0.25, 0.3) is 0 Å². The van der Waals surface area contributed by atoms with Crippen molar-refractivity contribution in [2.75, 3.05) is 18.5 Å². The summed E-state index contributed by atoms with van der Waals surface area (Å²) in [5, 5.41) is 32.9. The Morgan fingerprint density at radius 3 is 2.74 bits per heavy atom. The van der Waals surface area contributed by atoms with Crippen LogP contribution in [0.3, 0.4) is 0 Å². The summed E-state index contributed by atoms with van der Waals surface area (Å²) in [5.74, 6) is -2.57. The number of fused-ring (bicyclic) bond motifs is 1. The molecule has 186 valence electrons. The van der Waals surface area contributed by atoms with Crippen LogP contribution in [0.1, 0.15) is 32.4 Å². The van der Waals surface area contributed by atoms with Crippen molar-refractivity contribution in [3.05, 3.63) is 30.1 Å². The maximum Gasteiger partial charge on any atom is 0.248 e. The smallest absolute Gasteiger partial charge is 0.248 e. The Kier molecular flexibility index (Phi) is 6.16. The number of aliphatic hydroxyl groups excluding tert-OH is 2. The van der Waals surface area contributed by atoms with Gasteiger partial charge in [0.05, 0.1) is 18.1 Å². The summed E-state index contributed by atoms with van der Waals surface area (Å²) < 4.78 is 39.8. The lowest BCUT2D eigenvalue weighted by atomic mass is 9.81. The molecule has 2 aromatic heterocycles. The van der Waals surface area contributed by atoms with Crippen LogP contribution in [0, 0.1) is 23.2 Å². The highest BCUT2D eigenvalue weighted by Crippen LogP contribution is 2.43. The van der Waals surface area contributed by atoms with Gasteiger partial charge in [0.1, 0.15) is 25.1 Å². The van der Waals surface area contributed by atoms with E-state index in [4.69, 9.17) is 14.7 Å². The monoisotopic (exact) mass is 488 g/mol. The lowest BCUT2D eigenvalue weighted by Crippen LogP contribution is -2.39. The van der Waals surface area contributed by atoms with E-state index in [2.05, 4.69) is 26.3 Å². The van der Waals surface area contributed by atoms with E-state index in [1.165, 1.54) is 10.9 Å². The average molecular weight is 488 g/mol. The number of anilines is 1. The number of hydrogen-bond acceptors (Lipinski definition) is 9. The predicted octanol–water partition coefficient (Wildman–Crippen LogP) is 2.33. The highest BCUT2D eigenvalue weighted by atomic mass is 19.3. The van der Waals surface area contributed by atoms with E-state index >= 15 is 0 Å². The molecule has 1 aliphatic heterocycles. The van der Waals surface area contributed by atoms with Crippen LogP contribution in [0.4, 0.5) is 14.7 Å². The maximum atomic E-state index is 13.3. The molecule has 2 aromatic rings. The van der Waals surface area contributed by atoms with Gasteiger partial charge in [0.2, 0.25) is 17.8 Å². The summed E-state index contributed by atoms with van der Waals surface area (Å²) in [6.45, 7) is 2.09. The van der Waals surface area contributed by atoms with E-state index in [1.54, 1.807) is 6.92 Å². The molecule has 5 rings (SSSR count). The Hall–Kier alpha value is -3.14. The molecule has 0 aromatic carbocycles. The SMILES string of the molecule is C[C@H]1O[C@@H](n2c(NCC3CC(F)(F)C3)nc3c(OCC4=CCC(C#N)C=C4)ncnc32)[C@H](O)[C@@H]1O. The number of rotatable bonds is 7. The third-order valence-electron chi connectivity index (χ3n) is 6.62.